The van der Waals surface area contributed by atoms with Crippen LogP contribution < -0.4 is 15.4 Å². The lowest BCUT2D eigenvalue weighted by atomic mass is 10.00. The lowest BCUT2D eigenvalue weighted by molar-refractivity contribution is 0.254. The summed E-state index contributed by atoms with van der Waals surface area (Å²) < 4.78 is 6.00. The van der Waals surface area contributed by atoms with Gasteiger partial charge in [-0.15, -0.1) is 0 Å². The molecule has 0 spiro atoms. The minimum absolute atomic E-state index is 0.236. The molecule has 0 aliphatic rings. The number of carbonyl (C=O) groups is 1. The van der Waals surface area contributed by atoms with Crippen LogP contribution in [0.3, 0.4) is 0 Å². The summed E-state index contributed by atoms with van der Waals surface area (Å²) in [4.78, 5) is 11.7. The number of aryl methyl sites for hydroxylation is 2. The topological polar surface area (TPSA) is 50.4 Å². The van der Waals surface area contributed by atoms with Crippen molar-refractivity contribution in [2.75, 3.05) is 12.4 Å². The van der Waals surface area contributed by atoms with Gasteiger partial charge < -0.3 is 15.4 Å². The highest BCUT2D eigenvalue weighted by Crippen LogP contribution is 2.25. The molecule has 0 aliphatic carbocycles. The number of anilines is 1. The molecular formula is C20H26N2O2. The summed E-state index contributed by atoms with van der Waals surface area (Å²) >= 11 is 0. The second-order valence-corrected chi connectivity index (χ2v) is 6.33. The van der Waals surface area contributed by atoms with Crippen LogP contribution in [0.5, 0.6) is 5.75 Å². The highest BCUT2D eigenvalue weighted by Gasteiger charge is 2.10. The summed E-state index contributed by atoms with van der Waals surface area (Å²) in [6, 6.07) is 12.0. The Kier molecular flexibility index (Phi) is 5.85. The average Bonchev–Trinajstić information content (AvgIpc) is 2.54. The van der Waals surface area contributed by atoms with Gasteiger partial charge in [0.1, 0.15) is 12.4 Å². The van der Waals surface area contributed by atoms with Crippen LogP contribution in [0, 0.1) is 13.8 Å². The molecule has 0 fully saturated rings. The highest BCUT2D eigenvalue weighted by atomic mass is 16.5. The molecule has 0 unspecified atom stereocenters. The van der Waals surface area contributed by atoms with Crippen molar-refractivity contribution in [1.82, 2.24) is 5.32 Å². The Morgan fingerprint density at radius 2 is 1.88 bits per heavy atom. The van der Waals surface area contributed by atoms with Crippen molar-refractivity contribution in [3.8, 4) is 5.75 Å². The fourth-order valence-corrected chi connectivity index (χ4v) is 2.52. The summed E-state index contributed by atoms with van der Waals surface area (Å²) in [7, 11) is 1.60. The van der Waals surface area contributed by atoms with Crippen molar-refractivity contribution in [2.45, 2.75) is 40.2 Å². The molecule has 2 rings (SSSR count). The van der Waals surface area contributed by atoms with Gasteiger partial charge in [-0.1, -0.05) is 43.7 Å². The van der Waals surface area contributed by atoms with E-state index in [4.69, 9.17) is 4.74 Å². The van der Waals surface area contributed by atoms with E-state index < -0.39 is 0 Å². The lowest BCUT2D eigenvalue weighted by Crippen LogP contribution is -2.25. The first-order valence-corrected chi connectivity index (χ1v) is 8.22. The smallest absolute Gasteiger partial charge is 0.318 e. The van der Waals surface area contributed by atoms with E-state index in [0.717, 1.165) is 22.6 Å². The fraction of sp³-hybridized carbons (Fsp3) is 0.350. The zero-order chi connectivity index (χ0) is 17.7. The van der Waals surface area contributed by atoms with Crippen molar-refractivity contribution in [2.24, 2.45) is 0 Å². The monoisotopic (exact) mass is 326 g/mol. The summed E-state index contributed by atoms with van der Waals surface area (Å²) in [6.07, 6.45) is 0. The quantitative estimate of drug-likeness (QED) is 0.832. The van der Waals surface area contributed by atoms with E-state index in [2.05, 4.69) is 43.5 Å². The summed E-state index contributed by atoms with van der Waals surface area (Å²) in [5, 5.41) is 5.43. The van der Waals surface area contributed by atoms with Crippen LogP contribution in [0.15, 0.2) is 36.4 Å². The van der Waals surface area contributed by atoms with Gasteiger partial charge in [0, 0.05) is 18.3 Å². The van der Waals surface area contributed by atoms with E-state index in [0.29, 0.717) is 12.5 Å². The third kappa shape index (κ3) is 4.51. The van der Waals surface area contributed by atoms with Crippen molar-refractivity contribution in [3.05, 3.63) is 58.7 Å². The van der Waals surface area contributed by atoms with Crippen molar-refractivity contribution in [1.29, 1.82) is 0 Å². The molecule has 4 nitrogen and oxygen atoms in total. The van der Waals surface area contributed by atoms with Crippen LogP contribution in [0.2, 0.25) is 0 Å². The molecule has 0 saturated carbocycles. The van der Waals surface area contributed by atoms with E-state index in [1.165, 1.54) is 11.1 Å². The molecule has 0 saturated heterocycles. The first kappa shape index (κ1) is 17.9. The number of rotatable bonds is 5. The standard InChI is InChI=1S/C20H26N2O2/c1-13(2)16-7-8-18(22-20(23)21-5)17(11-16)12-24-19-9-6-14(3)10-15(19)4/h6-11,13H,12H2,1-5H3,(H2,21,22,23). The van der Waals surface area contributed by atoms with Gasteiger partial charge in [-0.2, -0.15) is 0 Å². The van der Waals surface area contributed by atoms with Gasteiger partial charge in [0.15, 0.2) is 0 Å². The van der Waals surface area contributed by atoms with Gasteiger partial charge in [0.2, 0.25) is 0 Å². The summed E-state index contributed by atoms with van der Waals surface area (Å²) in [5.74, 6) is 1.28. The molecule has 2 aromatic rings. The molecule has 0 atom stereocenters. The van der Waals surface area contributed by atoms with Crippen LogP contribution >= 0.6 is 0 Å². The van der Waals surface area contributed by atoms with Gasteiger partial charge in [0.25, 0.3) is 0 Å². The molecule has 2 amide bonds. The minimum atomic E-state index is -0.236. The van der Waals surface area contributed by atoms with Gasteiger partial charge >= 0.3 is 6.03 Å². The van der Waals surface area contributed by atoms with Crippen LogP contribution in [-0.4, -0.2) is 13.1 Å². The Morgan fingerprint density at radius 1 is 1.12 bits per heavy atom. The largest absolute Gasteiger partial charge is 0.489 e. The van der Waals surface area contributed by atoms with Crippen LogP contribution in [0.4, 0.5) is 10.5 Å². The molecule has 0 aliphatic heterocycles. The van der Waals surface area contributed by atoms with Crippen LogP contribution in [-0.2, 0) is 6.61 Å². The third-order valence-electron chi connectivity index (χ3n) is 3.98. The average molecular weight is 326 g/mol. The molecule has 2 aromatic carbocycles. The molecule has 128 valence electrons. The number of nitrogens with one attached hydrogen (secondary N) is 2. The fourth-order valence-electron chi connectivity index (χ4n) is 2.52. The Bertz CT molecular complexity index is 724. The molecule has 0 radical (unpaired) electrons. The highest BCUT2D eigenvalue weighted by molar-refractivity contribution is 5.89. The van der Waals surface area contributed by atoms with Gasteiger partial charge in [-0.25, -0.2) is 4.79 Å². The van der Waals surface area contributed by atoms with Crippen LogP contribution in [0.25, 0.3) is 0 Å². The lowest BCUT2D eigenvalue weighted by Gasteiger charge is -2.16. The maximum Gasteiger partial charge on any atom is 0.318 e. The second kappa shape index (κ2) is 7.86. The number of hydrogen-bond acceptors (Lipinski definition) is 2. The van der Waals surface area contributed by atoms with E-state index >= 15 is 0 Å². The third-order valence-corrected chi connectivity index (χ3v) is 3.98. The Morgan fingerprint density at radius 3 is 2.50 bits per heavy atom. The molecule has 2 N–H and O–H groups in total. The zero-order valence-corrected chi connectivity index (χ0v) is 15.1. The van der Waals surface area contributed by atoms with Crippen LogP contribution in [0.1, 0.15) is 42.0 Å². The minimum Gasteiger partial charge on any atom is -0.489 e. The molecule has 24 heavy (non-hydrogen) atoms. The maximum absolute atomic E-state index is 11.7. The van der Waals surface area contributed by atoms with E-state index in [9.17, 15) is 4.79 Å². The maximum atomic E-state index is 11.7. The number of ether oxygens (including phenoxy) is 1. The molecular weight excluding hydrogens is 300 g/mol. The van der Waals surface area contributed by atoms with E-state index in [1.807, 2.05) is 31.2 Å². The Hall–Kier alpha value is -2.49. The summed E-state index contributed by atoms with van der Waals surface area (Å²) in [5.41, 5.74) is 5.27. The van der Waals surface area contributed by atoms with Crippen molar-refractivity contribution < 1.29 is 9.53 Å². The Balaban J connectivity index is 2.24. The van der Waals surface area contributed by atoms with Gasteiger partial charge in [-0.05, 0) is 43.0 Å². The molecule has 0 aromatic heterocycles. The number of amides is 2. The number of urea groups is 1. The van der Waals surface area contributed by atoms with E-state index in [1.54, 1.807) is 7.05 Å². The van der Waals surface area contributed by atoms with Gasteiger partial charge in [-0.3, -0.25) is 0 Å². The zero-order valence-electron chi connectivity index (χ0n) is 15.1. The first-order valence-electron chi connectivity index (χ1n) is 8.22. The number of carbonyl (C=O) groups excluding carboxylic acids is 1. The number of hydrogen-bond donors (Lipinski definition) is 2. The Labute approximate surface area is 144 Å². The number of benzene rings is 2. The molecule has 4 heteroatoms. The molecule has 0 heterocycles. The normalized spacial score (nSPS) is 10.6. The molecule has 0 bridgehead atoms. The van der Waals surface area contributed by atoms with Gasteiger partial charge in [0.05, 0.1) is 0 Å². The predicted molar refractivity (Wildman–Crippen MR) is 98.9 cm³/mol. The first-order chi connectivity index (χ1) is 11.4. The SMILES string of the molecule is CNC(=O)Nc1ccc(C(C)C)cc1COc1ccc(C)cc1C. The van der Waals surface area contributed by atoms with Crippen molar-refractivity contribution in [3.63, 3.8) is 0 Å². The predicted octanol–water partition coefficient (Wildman–Crippen LogP) is 4.76. The van der Waals surface area contributed by atoms with Crippen molar-refractivity contribution >= 4 is 11.7 Å². The van der Waals surface area contributed by atoms with E-state index in [-0.39, 0.29) is 6.03 Å². The second-order valence-electron chi connectivity index (χ2n) is 6.33. The summed E-state index contributed by atoms with van der Waals surface area (Å²) in [6.45, 7) is 8.81.